The van der Waals surface area contributed by atoms with Crippen molar-refractivity contribution >= 4 is 35.0 Å². The number of hydrogen-bond acceptors (Lipinski definition) is 7. The summed E-state index contributed by atoms with van der Waals surface area (Å²) in [5.41, 5.74) is 1.94. The monoisotopic (exact) mass is 528 g/mol. The predicted molar refractivity (Wildman–Crippen MR) is 141 cm³/mol. The second-order valence-electron chi connectivity index (χ2n) is 10.1. The Morgan fingerprint density at radius 3 is 2.68 bits per heavy atom. The first-order chi connectivity index (χ1) is 17.7. The normalized spacial score (nSPS) is 16.6. The number of carbonyl (C=O) groups is 2. The molecule has 1 saturated heterocycles. The van der Waals surface area contributed by atoms with Crippen LogP contribution in [-0.4, -0.2) is 64.9 Å². The minimum Gasteiger partial charge on any atom is -0.488 e. The van der Waals surface area contributed by atoms with Crippen LogP contribution in [0.4, 0.5) is 10.6 Å². The molecule has 1 N–H and O–H groups in total. The number of nitrogens with one attached hydrogen (secondary N) is 1. The van der Waals surface area contributed by atoms with Gasteiger partial charge in [0.1, 0.15) is 28.3 Å². The van der Waals surface area contributed by atoms with Gasteiger partial charge in [0.2, 0.25) is 5.91 Å². The fraction of sp³-hybridized carbons (Fsp3) is 0.481. The van der Waals surface area contributed by atoms with Crippen LogP contribution in [0, 0.1) is 0 Å². The van der Waals surface area contributed by atoms with E-state index in [0.717, 1.165) is 36.1 Å². The lowest BCUT2D eigenvalue weighted by Crippen LogP contribution is -2.39. The van der Waals surface area contributed by atoms with Crippen LogP contribution in [0.3, 0.4) is 0 Å². The van der Waals surface area contributed by atoms with E-state index in [1.165, 1.54) is 6.20 Å². The molecule has 37 heavy (non-hydrogen) atoms. The fourth-order valence-corrected chi connectivity index (χ4v) is 4.20. The van der Waals surface area contributed by atoms with E-state index in [2.05, 4.69) is 21.4 Å². The number of hydrogen-bond donors (Lipinski definition) is 1. The molecule has 2 aromatic heterocycles. The van der Waals surface area contributed by atoms with Gasteiger partial charge in [0.15, 0.2) is 0 Å². The second-order valence-corrected chi connectivity index (χ2v) is 10.5. The van der Waals surface area contributed by atoms with Crippen molar-refractivity contribution in [1.82, 2.24) is 14.9 Å². The smallest absolute Gasteiger partial charge is 0.410 e. The SMILES string of the molecule is CC(C)(C)OC(=O)N1CCC=C(c2ccc(CC(=O)Nc3cc(OC4CCOCC4)c(Cl)cn3)cn2)C1. The maximum atomic E-state index is 12.6. The standard InChI is InChI=1S/C27H33ClN4O5/c1-27(2,3)37-26(34)32-10-4-5-19(17-32)22-7-6-18(15-29-22)13-25(33)31-24-14-23(21(28)16-30-24)36-20-8-11-35-12-9-20/h5-7,14-16,20H,4,8-13,17H2,1-3H3,(H,30,31,33). The molecule has 0 bridgehead atoms. The third-order valence-corrected chi connectivity index (χ3v) is 6.15. The lowest BCUT2D eigenvalue weighted by molar-refractivity contribution is -0.115. The summed E-state index contributed by atoms with van der Waals surface area (Å²) in [6.07, 6.45) is 7.38. The van der Waals surface area contributed by atoms with Gasteiger partial charge in [0, 0.05) is 31.6 Å². The lowest BCUT2D eigenvalue weighted by Gasteiger charge is -2.30. The van der Waals surface area contributed by atoms with E-state index in [0.29, 0.717) is 42.9 Å². The highest BCUT2D eigenvalue weighted by molar-refractivity contribution is 6.32. The van der Waals surface area contributed by atoms with Crippen LogP contribution in [0.25, 0.3) is 5.57 Å². The molecule has 4 heterocycles. The Hall–Kier alpha value is -3.17. The Kier molecular flexibility index (Phi) is 8.66. The van der Waals surface area contributed by atoms with E-state index in [1.54, 1.807) is 17.2 Å². The zero-order valence-electron chi connectivity index (χ0n) is 21.5. The highest BCUT2D eigenvalue weighted by Crippen LogP contribution is 2.29. The average molecular weight is 529 g/mol. The Labute approximate surface area is 222 Å². The topological polar surface area (TPSA) is 103 Å². The number of nitrogens with zero attached hydrogens (tertiary/aromatic N) is 3. The molecule has 0 aromatic carbocycles. The highest BCUT2D eigenvalue weighted by Gasteiger charge is 2.25. The van der Waals surface area contributed by atoms with Crippen molar-refractivity contribution < 1.29 is 23.8 Å². The molecule has 2 aliphatic rings. The molecule has 0 saturated carbocycles. The molecule has 0 spiro atoms. The minimum absolute atomic E-state index is 0.0253. The summed E-state index contributed by atoms with van der Waals surface area (Å²) in [6.45, 7) is 7.91. The van der Waals surface area contributed by atoms with Crippen molar-refractivity contribution in [3.8, 4) is 5.75 Å². The van der Waals surface area contributed by atoms with Gasteiger partial charge in [-0.1, -0.05) is 23.7 Å². The van der Waals surface area contributed by atoms with Gasteiger partial charge in [-0.25, -0.2) is 9.78 Å². The molecular weight excluding hydrogens is 496 g/mol. The first-order valence-electron chi connectivity index (χ1n) is 12.5. The molecule has 9 nitrogen and oxygen atoms in total. The molecule has 2 amide bonds. The Morgan fingerprint density at radius 1 is 1.19 bits per heavy atom. The number of carbonyl (C=O) groups excluding carboxylic acids is 2. The van der Waals surface area contributed by atoms with Crippen molar-refractivity contribution in [2.45, 2.75) is 58.2 Å². The Bertz CT molecular complexity index is 1140. The summed E-state index contributed by atoms with van der Waals surface area (Å²) in [4.78, 5) is 35.5. The number of aromatic nitrogens is 2. The highest BCUT2D eigenvalue weighted by atomic mass is 35.5. The zero-order chi connectivity index (χ0) is 26.4. The molecule has 2 aromatic rings. The van der Waals surface area contributed by atoms with Crippen LogP contribution < -0.4 is 10.1 Å². The van der Waals surface area contributed by atoms with Crippen molar-refractivity contribution in [3.05, 3.63) is 52.9 Å². The third kappa shape index (κ3) is 7.90. The van der Waals surface area contributed by atoms with Gasteiger partial charge in [-0.15, -0.1) is 0 Å². The largest absolute Gasteiger partial charge is 0.488 e. The number of rotatable bonds is 6. The molecule has 0 atom stereocenters. The summed E-state index contributed by atoms with van der Waals surface area (Å²) >= 11 is 6.24. The van der Waals surface area contributed by atoms with Crippen LogP contribution >= 0.6 is 11.6 Å². The Balaban J connectivity index is 1.32. The molecule has 2 aliphatic heterocycles. The maximum Gasteiger partial charge on any atom is 0.410 e. The van der Waals surface area contributed by atoms with E-state index in [-0.39, 0.29) is 24.5 Å². The van der Waals surface area contributed by atoms with Crippen LogP contribution in [0.2, 0.25) is 5.02 Å². The van der Waals surface area contributed by atoms with Crippen molar-refractivity contribution in [2.75, 3.05) is 31.6 Å². The van der Waals surface area contributed by atoms with Gasteiger partial charge >= 0.3 is 6.09 Å². The average Bonchev–Trinajstić information content (AvgIpc) is 2.86. The van der Waals surface area contributed by atoms with E-state index in [1.807, 2.05) is 32.9 Å². The molecule has 1 fully saturated rings. The van der Waals surface area contributed by atoms with Gasteiger partial charge in [0.05, 0.1) is 38.1 Å². The quantitative estimate of drug-likeness (QED) is 0.569. The van der Waals surface area contributed by atoms with Crippen LogP contribution in [0.1, 0.15) is 51.3 Å². The lowest BCUT2D eigenvalue weighted by atomic mass is 10.0. The molecule has 0 aliphatic carbocycles. The summed E-state index contributed by atoms with van der Waals surface area (Å²) in [6, 6.07) is 5.38. The predicted octanol–water partition coefficient (Wildman–Crippen LogP) is 4.89. The second kappa shape index (κ2) is 11.9. The molecule has 4 rings (SSSR count). The third-order valence-electron chi connectivity index (χ3n) is 5.87. The van der Waals surface area contributed by atoms with Gasteiger partial charge in [-0.05, 0) is 44.4 Å². The first kappa shape index (κ1) is 26.9. The van der Waals surface area contributed by atoms with Crippen LogP contribution in [-0.2, 0) is 20.7 Å². The number of halogens is 1. The molecule has 198 valence electrons. The number of ether oxygens (including phenoxy) is 3. The van der Waals surface area contributed by atoms with Crippen molar-refractivity contribution in [2.24, 2.45) is 0 Å². The summed E-state index contributed by atoms with van der Waals surface area (Å²) in [5.74, 6) is 0.635. The molecule has 10 heteroatoms. The van der Waals surface area contributed by atoms with Crippen LogP contribution in [0.15, 0.2) is 36.7 Å². The van der Waals surface area contributed by atoms with Gasteiger partial charge in [0.25, 0.3) is 0 Å². The number of pyridine rings is 2. The summed E-state index contributed by atoms with van der Waals surface area (Å²) < 4.78 is 16.8. The van der Waals surface area contributed by atoms with Crippen molar-refractivity contribution in [1.29, 1.82) is 0 Å². The number of amides is 2. The van der Waals surface area contributed by atoms with Crippen LogP contribution in [0.5, 0.6) is 5.75 Å². The zero-order valence-corrected chi connectivity index (χ0v) is 22.2. The number of anilines is 1. The molecular formula is C27H33ClN4O5. The fourth-order valence-electron chi connectivity index (χ4n) is 4.06. The van der Waals surface area contributed by atoms with E-state index in [9.17, 15) is 9.59 Å². The summed E-state index contributed by atoms with van der Waals surface area (Å²) in [7, 11) is 0. The molecule has 0 unspecified atom stereocenters. The van der Waals surface area contributed by atoms with Gasteiger partial charge < -0.3 is 24.4 Å². The minimum atomic E-state index is -0.542. The molecule has 0 radical (unpaired) electrons. The summed E-state index contributed by atoms with van der Waals surface area (Å²) in [5, 5.41) is 3.19. The Morgan fingerprint density at radius 2 is 1.97 bits per heavy atom. The van der Waals surface area contributed by atoms with Gasteiger partial charge in [-0.3, -0.25) is 9.78 Å². The first-order valence-corrected chi connectivity index (χ1v) is 12.9. The van der Waals surface area contributed by atoms with Crippen molar-refractivity contribution in [3.63, 3.8) is 0 Å². The van der Waals surface area contributed by atoms with E-state index >= 15 is 0 Å². The van der Waals surface area contributed by atoms with E-state index in [4.69, 9.17) is 25.8 Å². The van der Waals surface area contributed by atoms with Gasteiger partial charge in [-0.2, -0.15) is 0 Å². The maximum absolute atomic E-state index is 12.6. The van der Waals surface area contributed by atoms with E-state index < -0.39 is 5.60 Å².